The number of benzene rings is 2. The molecule has 4 aromatic rings. The van der Waals surface area contributed by atoms with Gasteiger partial charge in [0.2, 0.25) is 0 Å². The molecule has 2 atom stereocenters. The SMILES string of the molecule is COC(=O)c1cccc(Cn2cc(C(=O)c3cncnc3N[C@H]3CC[C@@H](COS(N)(=O)=O)C3)c3cc(F)ccc32)c1. The Labute approximate surface area is 235 Å². The Morgan fingerprint density at radius 1 is 1.17 bits per heavy atom. The number of anilines is 1. The van der Waals surface area contributed by atoms with Crippen LogP contribution in [0.25, 0.3) is 10.9 Å². The van der Waals surface area contributed by atoms with Crippen molar-refractivity contribution in [3.63, 3.8) is 0 Å². The van der Waals surface area contributed by atoms with Gasteiger partial charge in [-0.25, -0.2) is 24.3 Å². The van der Waals surface area contributed by atoms with Crippen LogP contribution in [-0.2, 0) is 25.8 Å². The first-order valence-electron chi connectivity index (χ1n) is 12.9. The van der Waals surface area contributed by atoms with Crippen molar-refractivity contribution in [2.75, 3.05) is 19.0 Å². The van der Waals surface area contributed by atoms with Gasteiger partial charge in [-0.1, -0.05) is 12.1 Å². The van der Waals surface area contributed by atoms with Crippen molar-refractivity contribution in [2.45, 2.75) is 31.8 Å². The van der Waals surface area contributed by atoms with E-state index in [-0.39, 0.29) is 29.7 Å². The smallest absolute Gasteiger partial charge is 0.337 e. The molecule has 41 heavy (non-hydrogen) atoms. The maximum absolute atomic E-state index is 14.4. The fraction of sp³-hybridized carbons (Fsp3) is 0.286. The van der Waals surface area contributed by atoms with Gasteiger partial charge in [-0.15, -0.1) is 0 Å². The topological polar surface area (TPSA) is 156 Å². The molecule has 11 nitrogen and oxygen atoms in total. The van der Waals surface area contributed by atoms with Gasteiger partial charge < -0.3 is 14.6 Å². The second-order valence-corrected chi connectivity index (χ2v) is 11.2. The summed E-state index contributed by atoms with van der Waals surface area (Å²) in [6.45, 7) is 0.306. The highest BCUT2D eigenvalue weighted by Gasteiger charge is 2.28. The lowest BCUT2D eigenvalue weighted by Crippen LogP contribution is -2.22. The number of ether oxygens (including phenoxy) is 1. The first-order chi connectivity index (χ1) is 19.6. The Balaban J connectivity index is 1.42. The minimum Gasteiger partial charge on any atom is -0.465 e. The first-order valence-corrected chi connectivity index (χ1v) is 14.3. The van der Waals surface area contributed by atoms with E-state index in [1.54, 1.807) is 30.5 Å². The molecule has 0 unspecified atom stereocenters. The highest BCUT2D eigenvalue weighted by Crippen LogP contribution is 2.31. The second kappa shape index (κ2) is 11.7. The number of methoxy groups -OCH3 is 1. The van der Waals surface area contributed by atoms with Gasteiger partial charge in [0, 0.05) is 41.4 Å². The molecule has 1 saturated carbocycles. The third kappa shape index (κ3) is 6.59. The normalized spacial score (nSPS) is 17.0. The zero-order valence-corrected chi connectivity index (χ0v) is 22.9. The molecular weight excluding hydrogens is 553 g/mol. The molecule has 0 spiro atoms. The number of fused-ring (bicyclic) bond motifs is 1. The summed E-state index contributed by atoms with van der Waals surface area (Å²) in [6.07, 6.45) is 6.42. The lowest BCUT2D eigenvalue weighted by Gasteiger charge is -2.16. The summed E-state index contributed by atoms with van der Waals surface area (Å²) in [5.41, 5.74) is 2.31. The van der Waals surface area contributed by atoms with Crippen molar-refractivity contribution in [1.82, 2.24) is 14.5 Å². The van der Waals surface area contributed by atoms with Crippen LogP contribution in [0.5, 0.6) is 0 Å². The number of halogens is 1. The highest BCUT2D eigenvalue weighted by molar-refractivity contribution is 7.84. The predicted octanol–water partition coefficient (Wildman–Crippen LogP) is 3.44. The molecule has 2 heterocycles. The fourth-order valence-electron chi connectivity index (χ4n) is 5.19. The van der Waals surface area contributed by atoms with Gasteiger partial charge in [0.25, 0.3) is 0 Å². The molecule has 1 fully saturated rings. The maximum Gasteiger partial charge on any atom is 0.337 e. The number of nitrogens with two attached hydrogens (primary N) is 1. The Morgan fingerprint density at radius 2 is 2.00 bits per heavy atom. The maximum atomic E-state index is 14.4. The zero-order chi connectivity index (χ0) is 29.1. The first kappa shape index (κ1) is 28.3. The van der Waals surface area contributed by atoms with Crippen LogP contribution in [0.15, 0.2) is 61.2 Å². The Morgan fingerprint density at radius 3 is 2.78 bits per heavy atom. The van der Waals surface area contributed by atoms with E-state index in [1.807, 2.05) is 10.6 Å². The summed E-state index contributed by atoms with van der Waals surface area (Å²) in [6, 6.07) is 11.1. The van der Waals surface area contributed by atoms with Gasteiger partial charge in [0.1, 0.15) is 18.0 Å². The van der Waals surface area contributed by atoms with Crippen molar-refractivity contribution < 1.29 is 31.3 Å². The molecule has 2 aromatic heterocycles. The van der Waals surface area contributed by atoms with E-state index < -0.39 is 27.9 Å². The van der Waals surface area contributed by atoms with Gasteiger partial charge in [-0.3, -0.25) is 8.98 Å². The molecule has 0 radical (unpaired) electrons. The zero-order valence-electron chi connectivity index (χ0n) is 22.1. The fourth-order valence-corrected chi connectivity index (χ4v) is 5.57. The number of hydrogen-bond donors (Lipinski definition) is 2. The summed E-state index contributed by atoms with van der Waals surface area (Å²) in [4.78, 5) is 34.2. The average Bonchev–Trinajstić information content (AvgIpc) is 3.55. The van der Waals surface area contributed by atoms with E-state index >= 15 is 0 Å². The van der Waals surface area contributed by atoms with Gasteiger partial charge in [0.05, 0.1) is 24.8 Å². The van der Waals surface area contributed by atoms with E-state index in [0.29, 0.717) is 48.1 Å². The number of aromatic nitrogens is 3. The van der Waals surface area contributed by atoms with Crippen LogP contribution in [0.4, 0.5) is 10.2 Å². The molecule has 1 aliphatic rings. The summed E-state index contributed by atoms with van der Waals surface area (Å²) in [5.74, 6) is -1.04. The Bertz CT molecular complexity index is 1720. The molecule has 13 heteroatoms. The molecule has 1 aliphatic carbocycles. The van der Waals surface area contributed by atoms with Crippen LogP contribution < -0.4 is 10.5 Å². The number of rotatable bonds is 10. The highest BCUT2D eigenvalue weighted by atomic mass is 32.2. The van der Waals surface area contributed by atoms with Crippen molar-refractivity contribution in [3.05, 3.63) is 89.3 Å². The lowest BCUT2D eigenvalue weighted by atomic mass is 10.0. The largest absolute Gasteiger partial charge is 0.465 e. The summed E-state index contributed by atoms with van der Waals surface area (Å²) in [7, 11) is -2.71. The molecule has 0 amide bonds. The van der Waals surface area contributed by atoms with Crippen LogP contribution in [0, 0.1) is 11.7 Å². The van der Waals surface area contributed by atoms with E-state index in [9.17, 15) is 22.4 Å². The summed E-state index contributed by atoms with van der Waals surface area (Å²) < 4.78 is 48.0. The Hall–Kier alpha value is -4.20. The van der Waals surface area contributed by atoms with E-state index in [1.165, 1.54) is 31.8 Å². The van der Waals surface area contributed by atoms with Gasteiger partial charge >= 0.3 is 16.3 Å². The van der Waals surface area contributed by atoms with E-state index in [4.69, 9.17) is 14.1 Å². The summed E-state index contributed by atoms with van der Waals surface area (Å²) in [5, 5.41) is 8.64. The molecule has 214 valence electrons. The van der Waals surface area contributed by atoms with Crippen LogP contribution in [0.1, 0.15) is 51.1 Å². The van der Waals surface area contributed by atoms with Gasteiger partial charge in [0.15, 0.2) is 5.78 Å². The number of carbonyl (C=O) groups excluding carboxylic acids is 2. The third-order valence-corrected chi connectivity index (χ3v) is 7.56. The summed E-state index contributed by atoms with van der Waals surface area (Å²) >= 11 is 0. The average molecular weight is 582 g/mol. The van der Waals surface area contributed by atoms with Crippen LogP contribution in [0.3, 0.4) is 0 Å². The van der Waals surface area contributed by atoms with Crippen molar-refractivity contribution in [1.29, 1.82) is 0 Å². The molecule has 3 N–H and O–H groups in total. The lowest BCUT2D eigenvalue weighted by molar-refractivity contribution is 0.0600. The second-order valence-electron chi connectivity index (χ2n) is 9.94. The van der Waals surface area contributed by atoms with Crippen LogP contribution in [0.2, 0.25) is 0 Å². The van der Waals surface area contributed by atoms with Crippen molar-refractivity contribution in [3.8, 4) is 0 Å². The molecule has 2 aromatic carbocycles. The molecule has 0 bridgehead atoms. The number of carbonyl (C=O) groups is 2. The van der Waals surface area contributed by atoms with Crippen LogP contribution in [-0.4, -0.2) is 54.5 Å². The Kier molecular flexibility index (Phi) is 8.10. The molecular formula is C28H28FN5O6S. The van der Waals surface area contributed by atoms with Crippen molar-refractivity contribution in [2.24, 2.45) is 11.1 Å². The molecule has 0 aliphatic heterocycles. The van der Waals surface area contributed by atoms with Crippen molar-refractivity contribution >= 4 is 38.8 Å². The van der Waals surface area contributed by atoms with Gasteiger partial charge in [-0.2, -0.15) is 8.42 Å². The number of nitrogens with one attached hydrogen (secondary N) is 1. The number of hydrogen-bond acceptors (Lipinski definition) is 9. The standard InChI is InChI=1S/C28H28FN5O6S/c1-39-28(36)19-4-2-3-17(9-19)13-34-14-24(22-11-20(29)6-8-25(22)34)26(35)23-12-31-16-32-27(23)33-21-7-5-18(10-21)15-40-41(30,37)38/h2-4,6,8-9,11-12,14,16,18,21H,5,7,10,13,15H2,1H3,(H2,30,37,38)(H,31,32,33)/t18-,21+/m1/s1. The predicted molar refractivity (Wildman–Crippen MR) is 148 cm³/mol. The van der Waals surface area contributed by atoms with Gasteiger partial charge in [-0.05, 0) is 61.1 Å². The molecule has 0 saturated heterocycles. The van der Waals surface area contributed by atoms with E-state index in [2.05, 4.69) is 15.3 Å². The quantitative estimate of drug-likeness (QED) is 0.212. The monoisotopic (exact) mass is 581 g/mol. The number of nitrogens with zero attached hydrogens (tertiary/aromatic N) is 3. The van der Waals surface area contributed by atoms with Crippen LogP contribution >= 0.6 is 0 Å². The number of ketones is 1. The minimum atomic E-state index is -4.02. The number of esters is 1. The minimum absolute atomic E-state index is 0.0137. The third-order valence-electron chi connectivity index (χ3n) is 7.10. The molecule has 5 rings (SSSR count). The van der Waals surface area contributed by atoms with E-state index in [0.717, 1.165) is 5.56 Å².